The molecule has 0 fully saturated rings. The molecular weight excluding hydrogens is 267 g/mol. The fraction of sp³-hybridized carbons (Fsp3) is 0.118. The zero-order valence-corrected chi connectivity index (χ0v) is 11.5. The predicted octanol–water partition coefficient (Wildman–Crippen LogP) is 4.25. The number of benzene rings is 2. The minimum atomic E-state index is -0.445. The van der Waals surface area contributed by atoms with E-state index in [0.29, 0.717) is 5.56 Å². The van der Waals surface area contributed by atoms with Gasteiger partial charge in [0.25, 0.3) is 0 Å². The van der Waals surface area contributed by atoms with Crippen LogP contribution in [0.15, 0.2) is 54.9 Å². The summed E-state index contributed by atoms with van der Waals surface area (Å²) in [6.07, 6.45) is 3.55. The number of aromatic nitrogens is 1. The minimum Gasteiger partial charge on any atom is -0.507 e. The maximum absolute atomic E-state index is 13.1. The van der Waals surface area contributed by atoms with E-state index in [9.17, 15) is 9.50 Å². The van der Waals surface area contributed by atoms with Gasteiger partial charge in [-0.1, -0.05) is 18.2 Å². The first-order valence-corrected chi connectivity index (χ1v) is 6.73. The Morgan fingerprint density at radius 3 is 2.86 bits per heavy atom. The average Bonchev–Trinajstić information content (AvgIpc) is 2.47. The lowest BCUT2D eigenvalue weighted by atomic mass is 10.1. The molecule has 0 aliphatic heterocycles. The fourth-order valence-electron chi connectivity index (χ4n) is 2.44. The Morgan fingerprint density at radius 2 is 2.05 bits per heavy atom. The Hall–Kier alpha value is -2.62. The van der Waals surface area contributed by atoms with Crippen molar-refractivity contribution in [3.8, 4) is 5.75 Å². The number of hydrogen-bond acceptors (Lipinski definition) is 3. The highest BCUT2D eigenvalue weighted by molar-refractivity contribution is 5.93. The van der Waals surface area contributed by atoms with Crippen LogP contribution in [0.4, 0.5) is 10.1 Å². The molecule has 0 aliphatic carbocycles. The van der Waals surface area contributed by atoms with E-state index < -0.39 is 5.82 Å². The molecule has 0 spiro atoms. The number of phenols is 1. The largest absolute Gasteiger partial charge is 0.507 e. The van der Waals surface area contributed by atoms with Crippen LogP contribution in [0.2, 0.25) is 0 Å². The van der Waals surface area contributed by atoms with E-state index in [4.69, 9.17) is 0 Å². The second-order valence-electron chi connectivity index (χ2n) is 4.97. The lowest BCUT2D eigenvalue weighted by Crippen LogP contribution is -2.07. The van der Waals surface area contributed by atoms with E-state index in [1.165, 1.54) is 6.07 Å². The third-order valence-electron chi connectivity index (χ3n) is 3.51. The van der Waals surface area contributed by atoms with Crippen LogP contribution < -0.4 is 5.32 Å². The summed E-state index contributed by atoms with van der Waals surface area (Å²) >= 11 is 0. The van der Waals surface area contributed by atoms with E-state index in [-0.39, 0.29) is 11.8 Å². The Bertz CT molecular complexity index is 783. The number of halogens is 1. The van der Waals surface area contributed by atoms with Crippen molar-refractivity contribution in [1.29, 1.82) is 0 Å². The molecule has 2 N–H and O–H groups in total. The molecular formula is C17H15FN2O. The molecule has 0 bridgehead atoms. The van der Waals surface area contributed by atoms with E-state index in [0.717, 1.165) is 22.5 Å². The normalized spacial score (nSPS) is 12.3. The highest BCUT2D eigenvalue weighted by Crippen LogP contribution is 2.30. The van der Waals surface area contributed by atoms with Gasteiger partial charge in [0.1, 0.15) is 11.6 Å². The first-order valence-electron chi connectivity index (χ1n) is 6.73. The highest BCUT2D eigenvalue weighted by Gasteiger charge is 2.12. The number of pyridine rings is 1. The summed E-state index contributed by atoms with van der Waals surface area (Å²) in [5, 5.41) is 15.3. The van der Waals surface area contributed by atoms with Gasteiger partial charge >= 0.3 is 0 Å². The summed E-state index contributed by atoms with van der Waals surface area (Å²) in [5.41, 5.74) is 1.61. The minimum absolute atomic E-state index is 0.0445. The number of anilines is 1. The molecule has 4 heteroatoms. The summed E-state index contributed by atoms with van der Waals surface area (Å²) in [6.45, 7) is 1.92. The maximum Gasteiger partial charge on any atom is 0.126 e. The van der Waals surface area contributed by atoms with Gasteiger partial charge in [-0.15, -0.1) is 0 Å². The molecule has 0 amide bonds. The van der Waals surface area contributed by atoms with Crippen molar-refractivity contribution in [2.75, 3.05) is 5.32 Å². The molecule has 3 aromatic rings. The van der Waals surface area contributed by atoms with Gasteiger partial charge in [0.2, 0.25) is 0 Å². The number of rotatable bonds is 3. The van der Waals surface area contributed by atoms with Crippen LogP contribution >= 0.6 is 0 Å². The summed E-state index contributed by atoms with van der Waals surface area (Å²) in [5.74, 6) is -0.489. The molecule has 0 radical (unpaired) electrons. The molecule has 1 aromatic heterocycles. The van der Waals surface area contributed by atoms with Gasteiger partial charge in [-0.2, -0.15) is 0 Å². The molecule has 1 unspecified atom stereocenters. The Labute approximate surface area is 122 Å². The molecule has 0 saturated heterocycles. The van der Waals surface area contributed by atoms with Crippen molar-refractivity contribution in [3.05, 3.63) is 66.2 Å². The maximum atomic E-state index is 13.1. The number of fused-ring (bicyclic) bond motifs is 1. The van der Waals surface area contributed by atoms with Crippen LogP contribution in [-0.2, 0) is 0 Å². The first kappa shape index (κ1) is 13.4. The van der Waals surface area contributed by atoms with Gasteiger partial charge in [0.15, 0.2) is 0 Å². The predicted molar refractivity (Wildman–Crippen MR) is 81.8 cm³/mol. The highest BCUT2D eigenvalue weighted by atomic mass is 19.1. The lowest BCUT2D eigenvalue weighted by molar-refractivity contribution is 0.459. The molecule has 21 heavy (non-hydrogen) atoms. The Balaban J connectivity index is 1.94. The van der Waals surface area contributed by atoms with Gasteiger partial charge in [0, 0.05) is 40.5 Å². The summed E-state index contributed by atoms with van der Waals surface area (Å²) in [4.78, 5) is 4.11. The molecule has 0 aliphatic rings. The van der Waals surface area contributed by atoms with Gasteiger partial charge in [-0.25, -0.2) is 4.39 Å². The monoisotopic (exact) mass is 282 g/mol. The van der Waals surface area contributed by atoms with E-state index in [1.54, 1.807) is 18.5 Å². The van der Waals surface area contributed by atoms with Gasteiger partial charge in [-0.3, -0.25) is 4.98 Å². The van der Waals surface area contributed by atoms with E-state index in [2.05, 4.69) is 10.3 Å². The third kappa shape index (κ3) is 2.65. The summed E-state index contributed by atoms with van der Waals surface area (Å²) in [7, 11) is 0. The van der Waals surface area contributed by atoms with Crippen molar-refractivity contribution in [1.82, 2.24) is 4.98 Å². The topological polar surface area (TPSA) is 45.2 Å². The van der Waals surface area contributed by atoms with Gasteiger partial charge in [-0.05, 0) is 25.1 Å². The lowest BCUT2D eigenvalue weighted by Gasteiger charge is -2.18. The van der Waals surface area contributed by atoms with E-state index >= 15 is 0 Å². The van der Waals surface area contributed by atoms with Crippen molar-refractivity contribution >= 4 is 16.5 Å². The molecule has 3 rings (SSSR count). The SMILES string of the molecule is CC(Nc1cccc2cnccc12)c1ccc(F)cc1O. The van der Waals surface area contributed by atoms with Crippen LogP contribution in [0, 0.1) is 5.82 Å². The van der Waals surface area contributed by atoms with Gasteiger partial charge < -0.3 is 10.4 Å². The molecule has 2 aromatic carbocycles. The van der Waals surface area contributed by atoms with Crippen LogP contribution in [0.1, 0.15) is 18.5 Å². The zero-order chi connectivity index (χ0) is 14.8. The number of phenolic OH excluding ortho intramolecular Hbond substituents is 1. The van der Waals surface area contributed by atoms with Crippen LogP contribution in [0.3, 0.4) is 0 Å². The van der Waals surface area contributed by atoms with Crippen molar-refractivity contribution in [2.45, 2.75) is 13.0 Å². The number of aromatic hydroxyl groups is 1. The standard InChI is InChI=1S/C17H15FN2O/c1-11(14-6-5-13(18)9-17(14)21)20-16-4-2-3-12-10-19-8-7-15(12)16/h2-11,20-21H,1H3. The Kier molecular flexibility index (Phi) is 3.44. The number of hydrogen-bond donors (Lipinski definition) is 2. The second-order valence-corrected chi connectivity index (χ2v) is 4.97. The molecule has 1 atom stereocenters. The second kappa shape index (κ2) is 5.40. The van der Waals surface area contributed by atoms with E-state index in [1.807, 2.05) is 31.2 Å². The van der Waals surface area contributed by atoms with Crippen LogP contribution in [-0.4, -0.2) is 10.1 Å². The van der Waals surface area contributed by atoms with Crippen molar-refractivity contribution < 1.29 is 9.50 Å². The molecule has 3 nitrogen and oxygen atoms in total. The smallest absolute Gasteiger partial charge is 0.126 e. The molecule has 106 valence electrons. The average molecular weight is 282 g/mol. The van der Waals surface area contributed by atoms with Crippen LogP contribution in [0.25, 0.3) is 10.8 Å². The molecule has 0 saturated carbocycles. The fourth-order valence-corrected chi connectivity index (χ4v) is 2.44. The molecule has 1 heterocycles. The number of nitrogens with one attached hydrogen (secondary N) is 1. The Morgan fingerprint density at radius 1 is 1.19 bits per heavy atom. The van der Waals surface area contributed by atoms with Gasteiger partial charge in [0.05, 0.1) is 6.04 Å². The van der Waals surface area contributed by atoms with Crippen molar-refractivity contribution in [2.24, 2.45) is 0 Å². The summed E-state index contributed by atoms with van der Waals surface area (Å²) in [6, 6.07) is 11.8. The zero-order valence-electron chi connectivity index (χ0n) is 11.5. The quantitative estimate of drug-likeness (QED) is 0.754. The summed E-state index contributed by atoms with van der Waals surface area (Å²) < 4.78 is 13.1. The third-order valence-corrected chi connectivity index (χ3v) is 3.51. The number of nitrogens with zero attached hydrogens (tertiary/aromatic N) is 1. The first-order chi connectivity index (χ1) is 10.1. The van der Waals surface area contributed by atoms with Crippen LogP contribution in [0.5, 0.6) is 5.75 Å². The van der Waals surface area contributed by atoms with Crippen molar-refractivity contribution in [3.63, 3.8) is 0 Å².